The Hall–Kier alpha value is -1.03. The Kier molecular flexibility index (Phi) is 2.97. The van der Waals surface area contributed by atoms with Crippen molar-refractivity contribution in [1.29, 1.82) is 0 Å². The molecule has 1 nitrogen and oxygen atoms in total. The van der Waals surface area contributed by atoms with Crippen molar-refractivity contribution in [3.05, 3.63) is 35.4 Å². The van der Waals surface area contributed by atoms with Crippen LogP contribution in [-0.4, -0.2) is 13.2 Å². The molecule has 0 aliphatic heterocycles. The summed E-state index contributed by atoms with van der Waals surface area (Å²) in [5, 5.41) is 2.53. The van der Waals surface area contributed by atoms with E-state index >= 15 is 0 Å². The van der Waals surface area contributed by atoms with Crippen molar-refractivity contribution in [2.75, 3.05) is 7.05 Å². The van der Waals surface area contributed by atoms with Crippen LogP contribution in [0.4, 0.5) is 13.2 Å². The quantitative estimate of drug-likeness (QED) is 0.808. The SMILES string of the molecule is CNC1(C(F)(F)F)CCC(C)(C)c2ccccc21. The molecule has 1 aromatic rings. The summed E-state index contributed by atoms with van der Waals surface area (Å²) < 4.78 is 40.4. The first-order valence-corrected chi connectivity index (χ1v) is 6.10. The molecular weight excluding hydrogens is 239 g/mol. The van der Waals surface area contributed by atoms with Crippen LogP contribution in [0.1, 0.15) is 37.8 Å². The molecule has 1 aliphatic carbocycles. The predicted octanol–water partition coefficient (Wildman–Crippen LogP) is 3.74. The van der Waals surface area contributed by atoms with Gasteiger partial charge in [0.2, 0.25) is 0 Å². The lowest BCUT2D eigenvalue weighted by Gasteiger charge is -2.46. The van der Waals surface area contributed by atoms with E-state index < -0.39 is 11.7 Å². The topological polar surface area (TPSA) is 12.0 Å². The van der Waals surface area contributed by atoms with Crippen LogP contribution in [0.15, 0.2) is 24.3 Å². The summed E-state index contributed by atoms with van der Waals surface area (Å²) >= 11 is 0. The lowest BCUT2D eigenvalue weighted by molar-refractivity contribution is -0.205. The van der Waals surface area contributed by atoms with E-state index in [9.17, 15) is 13.2 Å². The molecule has 0 spiro atoms. The number of benzene rings is 1. The van der Waals surface area contributed by atoms with Crippen molar-refractivity contribution in [3.8, 4) is 0 Å². The Morgan fingerprint density at radius 3 is 2.11 bits per heavy atom. The fourth-order valence-corrected chi connectivity index (χ4v) is 2.91. The van der Waals surface area contributed by atoms with E-state index in [4.69, 9.17) is 0 Å². The van der Waals surface area contributed by atoms with E-state index in [1.807, 2.05) is 26.0 Å². The molecule has 1 aliphatic rings. The Balaban J connectivity index is 2.68. The first-order chi connectivity index (χ1) is 8.24. The third kappa shape index (κ3) is 1.74. The number of rotatable bonds is 1. The second-order valence-electron chi connectivity index (χ2n) is 5.58. The van der Waals surface area contributed by atoms with Gasteiger partial charge in [-0.25, -0.2) is 0 Å². The van der Waals surface area contributed by atoms with E-state index in [2.05, 4.69) is 5.32 Å². The second kappa shape index (κ2) is 3.98. The van der Waals surface area contributed by atoms with Gasteiger partial charge in [0.05, 0.1) is 0 Å². The highest BCUT2D eigenvalue weighted by atomic mass is 19.4. The number of hydrogen-bond donors (Lipinski definition) is 1. The van der Waals surface area contributed by atoms with Crippen LogP contribution in [0.5, 0.6) is 0 Å². The molecule has 0 fully saturated rings. The van der Waals surface area contributed by atoms with Gasteiger partial charge in [0.15, 0.2) is 0 Å². The van der Waals surface area contributed by atoms with Gasteiger partial charge in [0.1, 0.15) is 5.54 Å². The van der Waals surface area contributed by atoms with Gasteiger partial charge in [-0.2, -0.15) is 13.2 Å². The zero-order valence-corrected chi connectivity index (χ0v) is 10.9. The fraction of sp³-hybridized carbons (Fsp3) is 0.571. The lowest BCUT2D eigenvalue weighted by atomic mass is 9.65. The average molecular weight is 257 g/mol. The summed E-state index contributed by atoms with van der Waals surface area (Å²) in [6, 6.07) is 6.90. The average Bonchev–Trinajstić information content (AvgIpc) is 2.28. The number of nitrogens with one attached hydrogen (secondary N) is 1. The van der Waals surface area contributed by atoms with E-state index in [-0.39, 0.29) is 11.8 Å². The van der Waals surface area contributed by atoms with E-state index in [0.717, 1.165) is 5.56 Å². The molecular formula is C14H18F3N. The monoisotopic (exact) mass is 257 g/mol. The van der Waals surface area contributed by atoms with Crippen molar-refractivity contribution in [2.24, 2.45) is 0 Å². The molecule has 1 atom stereocenters. The van der Waals surface area contributed by atoms with Gasteiger partial charge in [-0.1, -0.05) is 38.1 Å². The first-order valence-electron chi connectivity index (χ1n) is 6.10. The van der Waals surface area contributed by atoms with Crippen LogP contribution < -0.4 is 5.32 Å². The van der Waals surface area contributed by atoms with Crippen LogP contribution in [-0.2, 0) is 11.0 Å². The molecule has 100 valence electrons. The molecule has 4 heteroatoms. The minimum atomic E-state index is -4.28. The predicted molar refractivity (Wildman–Crippen MR) is 65.5 cm³/mol. The number of halogens is 3. The Labute approximate surface area is 105 Å². The van der Waals surface area contributed by atoms with Gasteiger partial charge in [-0.3, -0.25) is 0 Å². The van der Waals surface area contributed by atoms with Crippen molar-refractivity contribution in [3.63, 3.8) is 0 Å². The zero-order chi connectivity index (χ0) is 13.6. The Morgan fingerprint density at radius 2 is 1.61 bits per heavy atom. The zero-order valence-electron chi connectivity index (χ0n) is 10.9. The molecule has 0 saturated heterocycles. The summed E-state index contributed by atoms with van der Waals surface area (Å²) in [4.78, 5) is 0. The molecule has 0 heterocycles. The molecule has 0 aromatic heterocycles. The molecule has 0 bridgehead atoms. The number of hydrogen-bond acceptors (Lipinski definition) is 1. The van der Waals surface area contributed by atoms with E-state index in [1.54, 1.807) is 12.1 Å². The van der Waals surface area contributed by atoms with Crippen molar-refractivity contribution in [1.82, 2.24) is 5.32 Å². The van der Waals surface area contributed by atoms with Gasteiger partial charge >= 0.3 is 6.18 Å². The van der Waals surface area contributed by atoms with Crippen LogP contribution >= 0.6 is 0 Å². The Morgan fingerprint density at radius 1 is 1.06 bits per heavy atom. The van der Waals surface area contributed by atoms with Crippen LogP contribution in [0.25, 0.3) is 0 Å². The second-order valence-corrected chi connectivity index (χ2v) is 5.58. The molecule has 0 radical (unpaired) electrons. The maximum atomic E-state index is 13.5. The molecule has 1 unspecified atom stereocenters. The summed E-state index contributed by atoms with van der Waals surface area (Å²) in [5.41, 5.74) is -0.944. The van der Waals surface area contributed by atoms with Crippen LogP contribution in [0, 0.1) is 0 Å². The number of fused-ring (bicyclic) bond motifs is 1. The Bertz CT molecular complexity index is 451. The standard InChI is InChI=1S/C14H18F3N/c1-12(2)8-9-13(18-3,14(15,16)17)11-7-5-4-6-10(11)12/h4-7,18H,8-9H2,1-3H3. The van der Waals surface area contributed by atoms with Crippen molar-refractivity contribution in [2.45, 2.75) is 43.8 Å². The molecule has 0 saturated carbocycles. The smallest absolute Gasteiger partial charge is 0.303 e. The van der Waals surface area contributed by atoms with Crippen LogP contribution in [0.3, 0.4) is 0 Å². The van der Waals surface area contributed by atoms with Crippen LogP contribution in [0.2, 0.25) is 0 Å². The first kappa shape index (κ1) is 13.4. The van der Waals surface area contributed by atoms with Gasteiger partial charge < -0.3 is 5.32 Å². The van der Waals surface area contributed by atoms with E-state index in [1.165, 1.54) is 7.05 Å². The summed E-state index contributed by atoms with van der Waals surface area (Å²) in [5.74, 6) is 0. The van der Waals surface area contributed by atoms with Gasteiger partial charge in [-0.15, -0.1) is 0 Å². The molecule has 0 amide bonds. The highest BCUT2D eigenvalue weighted by Gasteiger charge is 2.58. The van der Waals surface area contributed by atoms with Gasteiger partial charge in [0, 0.05) is 0 Å². The van der Waals surface area contributed by atoms with Crippen molar-refractivity contribution < 1.29 is 13.2 Å². The minimum absolute atomic E-state index is 0.0804. The molecule has 1 aromatic carbocycles. The lowest BCUT2D eigenvalue weighted by Crippen LogP contribution is -2.56. The molecule has 2 rings (SSSR count). The highest BCUT2D eigenvalue weighted by molar-refractivity contribution is 5.42. The maximum Gasteiger partial charge on any atom is 0.410 e. The maximum absolute atomic E-state index is 13.5. The third-order valence-electron chi connectivity index (χ3n) is 4.15. The largest absolute Gasteiger partial charge is 0.410 e. The minimum Gasteiger partial charge on any atom is -0.303 e. The van der Waals surface area contributed by atoms with Crippen molar-refractivity contribution >= 4 is 0 Å². The third-order valence-corrected chi connectivity index (χ3v) is 4.15. The molecule has 18 heavy (non-hydrogen) atoms. The normalized spacial score (nSPS) is 26.8. The molecule has 1 N–H and O–H groups in total. The summed E-state index contributed by atoms with van der Waals surface area (Å²) in [7, 11) is 1.39. The van der Waals surface area contributed by atoms with Gasteiger partial charge in [0.25, 0.3) is 0 Å². The summed E-state index contributed by atoms with van der Waals surface area (Å²) in [6.07, 6.45) is -3.68. The van der Waals surface area contributed by atoms with E-state index in [0.29, 0.717) is 12.0 Å². The van der Waals surface area contributed by atoms with Gasteiger partial charge in [-0.05, 0) is 36.4 Å². The number of alkyl halides is 3. The summed E-state index contributed by atoms with van der Waals surface area (Å²) in [6.45, 7) is 4.00. The fourth-order valence-electron chi connectivity index (χ4n) is 2.91. The highest BCUT2D eigenvalue weighted by Crippen LogP contribution is 2.51.